The Hall–Kier alpha value is -3.08. The molecule has 1 N–H and O–H groups in total. The van der Waals surface area contributed by atoms with Gasteiger partial charge in [-0.2, -0.15) is 0 Å². The molecule has 0 bridgehead atoms. The number of nitrogens with one attached hydrogen (secondary N) is 1. The quantitative estimate of drug-likeness (QED) is 0.522. The molecule has 1 heterocycles. The van der Waals surface area contributed by atoms with Gasteiger partial charge in [-0.05, 0) is 42.3 Å². The molecule has 4 rings (SSSR count). The summed E-state index contributed by atoms with van der Waals surface area (Å²) < 4.78 is 0. The Labute approximate surface area is 184 Å². The maximum absolute atomic E-state index is 13.3. The highest BCUT2D eigenvalue weighted by atomic mass is 35.5. The van der Waals surface area contributed by atoms with E-state index in [4.69, 9.17) is 23.2 Å². The Bertz CT molecular complexity index is 1170. The zero-order valence-electron chi connectivity index (χ0n) is 16.2. The van der Waals surface area contributed by atoms with E-state index < -0.39 is 11.8 Å². The number of hydrogen-bond acceptors (Lipinski definition) is 3. The van der Waals surface area contributed by atoms with Crippen molar-refractivity contribution in [1.29, 1.82) is 0 Å². The third-order valence-corrected chi connectivity index (χ3v) is 5.39. The van der Waals surface area contributed by atoms with E-state index in [1.165, 1.54) is 4.90 Å². The fourth-order valence-electron chi connectivity index (χ4n) is 3.41. The van der Waals surface area contributed by atoms with Crippen LogP contribution in [0.15, 0.2) is 78.5 Å². The molecule has 0 aromatic heterocycles. The molecule has 2 amide bonds. The molecule has 0 fully saturated rings. The second-order valence-corrected chi connectivity index (χ2v) is 7.89. The van der Waals surface area contributed by atoms with Crippen LogP contribution in [-0.4, -0.2) is 16.7 Å². The Morgan fingerprint density at radius 2 is 1.63 bits per heavy atom. The van der Waals surface area contributed by atoms with Gasteiger partial charge in [0, 0.05) is 16.3 Å². The monoisotopic (exact) mass is 436 g/mol. The molecule has 0 atom stereocenters. The SMILES string of the molecule is Cc1cccc(NC2=C(c3ccc(Cl)cc3Cl)C(=O)N(Cc3ccccc3)C2=O)c1. The van der Waals surface area contributed by atoms with Crippen LogP contribution >= 0.6 is 23.2 Å². The lowest BCUT2D eigenvalue weighted by Crippen LogP contribution is -2.32. The van der Waals surface area contributed by atoms with Crippen LogP contribution in [0.1, 0.15) is 16.7 Å². The van der Waals surface area contributed by atoms with E-state index in [1.807, 2.05) is 61.5 Å². The first-order chi connectivity index (χ1) is 14.4. The number of nitrogens with zero attached hydrogens (tertiary/aromatic N) is 1. The first kappa shape index (κ1) is 20.2. The first-order valence-electron chi connectivity index (χ1n) is 9.37. The predicted octanol–water partition coefficient (Wildman–Crippen LogP) is 5.69. The number of carbonyl (C=O) groups is 2. The van der Waals surface area contributed by atoms with E-state index in [0.29, 0.717) is 15.6 Å². The van der Waals surface area contributed by atoms with E-state index in [1.54, 1.807) is 18.2 Å². The summed E-state index contributed by atoms with van der Waals surface area (Å²) in [5.41, 5.74) is 3.51. The summed E-state index contributed by atoms with van der Waals surface area (Å²) in [5, 5.41) is 3.91. The lowest BCUT2D eigenvalue weighted by atomic mass is 10.0. The van der Waals surface area contributed by atoms with Crippen LogP contribution in [0.4, 0.5) is 5.69 Å². The molecule has 4 nitrogen and oxygen atoms in total. The molecule has 1 aliphatic rings. The summed E-state index contributed by atoms with van der Waals surface area (Å²) in [6.45, 7) is 2.13. The van der Waals surface area contributed by atoms with Gasteiger partial charge in [0.1, 0.15) is 5.70 Å². The Balaban J connectivity index is 1.79. The molecule has 0 aliphatic carbocycles. The fraction of sp³-hybridized carbons (Fsp3) is 0.0833. The van der Waals surface area contributed by atoms with Gasteiger partial charge in [-0.1, -0.05) is 71.7 Å². The van der Waals surface area contributed by atoms with Crippen molar-refractivity contribution in [1.82, 2.24) is 4.90 Å². The van der Waals surface area contributed by atoms with E-state index in [0.717, 1.165) is 16.8 Å². The smallest absolute Gasteiger partial charge is 0.278 e. The second kappa shape index (κ2) is 8.34. The van der Waals surface area contributed by atoms with Gasteiger partial charge in [0.05, 0.1) is 17.1 Å². The Morgan fingerprint density at radius 3 is 2.33 bits per heavy atom. The number of amides is 2. The van der Waals surface area contributed by atoms with Gasteiger partial charge in [0.25, 0.3) is 11.8 Å². The van der Waals surface area contributed by atoms with Crippen molar-refractivity contribution >= 4 is 46.3 Å². The maximum Gasteiger partial charge on any atom is 0.278 e. The molecule has 1 aliphatic heterocycles. The van der Waals surface area contributed by atoms with Crippen LogP contribution < -0.4 is 5.32 Å². The van der Waals surface area contributed by atoms with Gasteiger partial charge < -0.3 is 5.32 Å². The van der Waals surface area contributed by atoms with Gasteiger partial charge in [-0.15, -0.1) is 0 Å². The molecule has 0 saturated carbocycles. The van der Waals surface area contributed by atoms with E-state index in [2.05, 4.69) is 5.32 Å². The Morgan fingerprint density at radius 1 is 0.867 bits per heavy atom. The molecule has 30 heavy (non-hydrogen) atoms. The number of rotatable bonds is 5. The molecule has 0 spiro atoms. The number of halogens is 2. The van der Waals surface area contributed by atoms with Crippen LogP contribution in [0, 0.1) is 6.92 Å². The lowest BCUT2D eigenvalue weighted by molar-refractivity contribution is -0.137. The van der Waals surface area contributed by atoms with Crippen molar-refractivity contribution in [2.24, 2.45) is 0 Å². The van der Waals surface area contributed by atoms with Gasteiger partial charge in [0.2, 0.25) is 0 Å². The number of aryl methyl sites for hydroxylation is 1. The van der Waals surface area contributed by atoms with Gasteiger partial charge in [-0.25, -0.2) is 0 Å². The molecule has 3 aromatic carbocycles. The van der Waals surface area contributed by atoms with Crippen LogP contribution in [0.25, 0.3) is 5.57 Å². The molecule has 0 radical (unpaired) electrons. The number of hydrogen-bond donors (Lipinski definition) is 1. The number of carbonyl (C=O) groups excluding carboxylic acids is 2. The number of benzene rings is 3. The Kier molecular flexibility index (Phi) is 5.62. The minimum Gasteiger partial charge on any atom is -0.350 e. The van der Waals surface area contributed by atoms with Crippen LogP contribution in [0.5, 0.6) is 0 Å². The van der Waals surface area contributed by atoms with Gasteiger partial charge in [-0.3, -0.25) is 14.5 Å². The third kappa shape index (κ3) is 3.97. The predicted molar refractivity (Wildman–Crippen MR) is 120 cm³/mol. The number of imide groups is 1. The van der Waals surface area contributed by atoms with Crippen LogP contribution in [0.3, 0.4) is 0 Å². The summed E-state index contributed by atoms with van der Waals surface area (Å²) in [5.74, 6) is -0.797. The summed E-state index contributed by atoms with van der Waals surface area (Å²) >= 11 is 12.4. The number of anilines is 1. The minimum atomic E-state index is -0.400. The van der Waals surface area contributed by atoms with Crippen molar-refractivity contribution in [3.05, 3.63) is 105 Å². The van der Waals surface area contributed by atoms with Crippen molar-refractivity contribution in [2.75, 3.05) is 5.32 Å². The average Bonchev–Trinajstić information content (AvgIpc) is 2.93. The average molecular weight is 437 g/mol. The van der Waals surface area contributed by atoms with Crippen molar-refractivity contribution < 1.29 is 9.59 Å². The van der Waals surface area contributed by atoms with Crippen molar-refractivity contribution in [3.8, 4) is 0 Å². The van der Waals surface area contributed by atoms with Crippen LogP contribution in [-0.2, 0) is 16.1 Å². The summed E-state index contributed by atoms with van der Waals surface area (Å²) in [4.78, 5) is 27.9. The molecular formula is C24H18Cl2N2O2. The standard InChI is InChI=1S/C24H18Cl2N2O2/c1-15-6-5-9-18(12-15)27-22-21(19-11-10-17(25)13-20(19)26)23(29)28(24(22)30)14-16-7-3-2-4-8-16/h2-13,27H,14H2,1H3. The minimum absolute atomic E-state index is 0.173. The second-order valence-electron chi connectivity index (χ2n) is 7.05. The molecule has 6 heteroatoms. The molecule has 3 aromatic rings. The van der Waals surface area contributed by atoms with Crippen molar-refractivity contribution in [3.63, 3.8) is 0 Å². The van der Waals surface area contributed by atoms with E-state index in [-0.39, 0.29) is 17.8 Å². The lowest BCUT2D eigenvalue weighted by Gasteiger charge is -2.15. The highest BCUT2D eigenvalue weighted by molar-refractivity contribution is 6.41. The van der Waals surface area contributed by atoms with E-state index >= 15 is 0 Å². The molecule has 0 unspecified atom stereocenters. The normalized spacial score (nSPS) is 13.9. The zero-order chi connectivity index (χ0) is 21.3. The highest BCUT2D eigenvalue weighted by Crippen LogP contribution is 2.36. The first-order valence-corrected chi connectivity index (χ1v) is 10.1. The topological polar surface area (TPSA) is 49.4 Å². The van der Waals surface area contributed by atoms with Crippen LogP contribution in [0.2, 0.25) is 10.0 Å². The highest BCUT2D eigenvalue weighted by Gasteiger charge is 2.40. The maximum atomic E-state index is 13.3. The van der Waals surface area contributed by atoms with Gasteiger partial charge in [0.15, 0.2) is 0 Å². The third-order valence-electron chi connectivity index (χ3n) is 4.84. The fourth-order valence-corrected chi connectivity index (χ4v) is 3.91. The summed E-state index contributed by atoms with van der Waals surface area (Å²) in [6.07, 6.45) is 0. The summed E-state index contributed by atoms with van der Waals surface area (Å²) in [7, 11) is 0. The van der Waals surface area contributed by atoms with E-state index in [9.17, 15) is 9.59 Å². The zero-order valence-corrected chi connectivity index (χ0v) is 17.7. The summed E-state index contributed by atoms with van der Waals surface area (Å²) in [6, 6.07) is 21.9. The largest absolute Gasteiger partial charge is 0.350 e. The molecule has 0 saturated heterocycles. The molecule has 150 valence electrons. The van der Waals surface area contributed by atoms with Gasteiger partial charge >= 0.3 is 0 Å². The van der Waals surface area contributed by atoms with Crippen molar-refractivity contribution in [2.45, 2.75) is 13.5 Å². The molecular weight excluding hydrogens is 419 g/mol.